The molecule has 0 aliphatic rings. The molecular formula is C31H24N4O. The zero-order valence-corrected chi connectivity index (χ0v) is 19.8. The molecule has 36 heavy (non-hydrogen) atoms. The zero-order valence-electron chi connectivity index (χ0n) is 19.8. The van der Waals surface area contributed by atoms with Gasteiger partial charge in [-0.3, -0.25) is 4.98 Å². The van der Waals surface area contributed by atoms with Crippen LogP contribution in [0.15, 0.2) is 116 Å². The highest BCUT2D eigenvalue weighted by molar-refractivity contribution is 5.92. The molecule has 0 aliphatic carbocycles. The van der Waals surface area contributed by atoms with Crippen molar-refractivity contribution in [1.82, 2.24) is 19.9 Å². The van der Waals surface area contributed by atoms with Gasteiger partial charge in [0.05, 0.1) is 0 Å². The monoisotopic (exact) mass is 468 g/mol. The molecule has 0 radical (unpaired) electrons. The van der Waals surface area contributed by atoms with E-state index in [0.717, 1.165) is 33.2 Å². The molecule has 0 fully saturated rings. The van der Waals surface area contributed by atoms with Crippen LogP contribution in [0.4, 0.5) is 0 Å². The van der Waals surface area contributed by atoms with Crippen LogP contribution >= 0.6 is 0 Å². The third-order valence-electron chi connectivity index (χ3n) is 5.82. The second-order valence-corrected chi connectivity index (χ2v) is 8.14. The summed E-state index contributed by atoms with van der Waals surface area (Å²) in [5.41, 5.74) is 4.73. The molecule has 0 atom stereocenters. The number of benzene rings is 3. The van der Waals surface area contributed by atoms with E-state index in [1.54, 1.807) is 12.3 Å². The number of aromatic nitrogens is 4. The first-order valence-corrected chi connectivity index (χ1v) is 11.6. The van der Waals surface area contributed by atoms with Crippen molar-refractivity contribution in [3.63, 3.8) is 0 Å². The van der Waals surface area contributed by atoms with Gasteiger partial charge in [-0.05, 0) is 24.6 Å². The number of allylic oxidation sites excluding steroid dienone is 5. The van der Waals surface area contributed by atoms with Gasteiger partial charge in [0.15, 0.2) is 17.5 Å². The Morgan fingerprint density at radius 3 is 2.17 bits per heavy atom. The van der Waals surface area contributed by atoms with Crippen LogP contribution in [-0.4, -0.2) is 25.0 Å². The summed E-state index contributed by atoms with van der Waals surface area (Å²) in [4.78, 5) is 18.6. The molecule has 5 aromatic rings. The Labute approximate surface area is 209 Å². The molecule has 5 heteroatoms. The van der Waals surface area contributed by atoms with Gasteiger partial charge in [0.1, 0.15) is 11.3 Å². The second-order valence-electron chi connectivity index (χ2n) is 8.14. The topological polar surface area (TPSA) is 71.8 Å². The number of aromatic hydroxyl groups is 1. The fraction of sp³-hybridized carbons (Fsp3) is 0.0323. The van der Waals surface area contributed by atoms with Crippen LogP contribution in [0.3, 0.4) is 0 Å². The number of fused-ring (bicyclic) bond motifs is 1. The lowest BCUT2D eigenvalue weighted by Crippen LogP contribution is -2.02. The van der Waals surface area contributed by atoms with Crippen LogP contribution in [0.25, 0.3) is 50.4 Å². The molecule has 5 rings (SSSR count). The lowest BCUT2D eigenvalue weighted by molar-refractivity contribution is 0.482. The van der Waals surface area contributed by atoms with Crippen molar-refractivity contribution in [3.8, 4) is 39.7 Å². The van der Waals surface area contributed by atoms with Gasteiger partial charge in [-0.15, -0.1) is 0 Å². The molecule has 1 N–H and O–H groups in total. The van der Waals surface area contributed by atoms with Crippen molar-refractivity contribution in [2.75, 3.05) is 0 Å². The summed E-state index contributed by atoms with van der Waals surface area (Å²) >= 11 is 0. The van der Waals surface area contributed by atoms with E-state index in [4.69, 9.17) is 15.0 Å². The van der Waals surface area contributed by atoms with E-state index in [-0.39, 0.29) is 5.75 Å². The SMILES string of the molecule is C=C/C(=C\C=C/C)c1nc(-c2ccccc2)nc(-c2ccc(-c3ccc4cccnc4c3O)cc2)n1. The van der Waals surface area contributed by atoms with Gasteiger partial charge in [0.25, 0.3) is 0 Å². The zero-order chi connectivity index (χ0) is 24.9. The number of phenols is 1. The summed E-state index contributed by atoms with van der Waals surface area (Å²) in [6, 6.07) is 25.3. The summed E-state index contributed by atoms with van der Waals surface area (Å²) in [5, 5.41) is 11.7. The molecule has 0 saturated carbocycles. The molecule has 2 heterocycles. The highest BCUT2D eigenvalue weighted by Gasteiger charge is 2.14. The van der Waals surface area contributed by atoms with E-state index in [0.29, 0.717) is 23.0 Å². The van der Waals surface area contributed by atoms with Gasteiger partial charge >= 0.3 is 0 Å². The standard InChI is InChI=1S/C31H24N4O/c1-3-5-10-21(4-2)29-33-30(24-11-7-6-8-12-24)35-31(34-29)25-16-14-22(15-17-25)26-19-18-23-13-9-20-32-27(23)28(26)36/h3-20,36H,2H2,1H3/b5-3-,21-10+. The van der Waals surface area contributed by atoms with Crippen molar-refractivity contribution in [1.29, 1.82) is 0 Å². The predicted molar refractivity (Wildman–Crippen MR) is 146 cm³/mol. The third-order valence-corrected chi connectivity index (χ3v) is 5.82. The van der Waals surface area contributed by atoms with Crippen molar-refractivity contribution in [3.05, 3.63) is 122 Å². The van der Waals surface area contributed by atoms with Gasteiger partial charge < -0.3 is 5.11 Å². The first-order chi connectivity index (χ1) is 17.7. The molecule has 5 nitrogen and oxygen atoms in total. The molecule has 174 valence electrons. The van der Waals surface area contributed by atoms with Crippen LogP contribution in [0, 0.1) is 0 Å². The maximum Gasteiger partial charge on any atom is 0.164 e. The van der Waals surface area contributed by atoms with Gasteiger partial charge in [-0.1, -0.05) is 97.6 Å². The Bertz CT molecular complexity index is 1600. The van der Waals surface area contributed by atoms with Crippen LogP contribution in [-0.2, 0) is 0 Å². The van der Waals surface area contributed by atoms with Crippen molar-refractivity contribution in [2.45, 2.75) is 6.92 Å². The first-order valence-electron chi connectivity index (χ1n) is 11.6. The van der Waals surface area contributed by atoms with Crippen molar-refractivity contribution >= 4 is 16.5 Å². The van der Waals surface area contributed by atoms with Crippen molar-refractivity contribution < 1.29 is 5.11 Å². The predicted octanol–water partition coefficient (Wildman–Crippen LogP) is 7.27. The van der Waals surface area contributed by atoms with Crippen LogP contribution in [0.5, 0.6) is 5.75 Å². The van der Waals surface area contributed by atoms with Gasteiger partial charge in [-0.25, -0.2) is 15.0 Å². The summed E-state index contributed by atoms with van der Waals surface area (Å²) < 4.78 is 0. The van der Waals surface area contributed by atoms with E-state index >= 15 is 0 Å². The van der Waals surface area contributed by atoms with Crippen LogP contribution < -0.4 is 0 Å². The van der Waals surface area contributed by atoms with Gasteiger partial charge in [0, 0.05) is 33.8 Å². The lowest BCUT2D eigenvalue weighted by atomic mass is 10.0. The van der Waals surface area contributed by atoms with Crippen LogP contribution in [0.1, 0.15) is 12.7 Å². The average Bonchev–Trinajstić information content (AvgIpc) is 2.94. The Kier molecular flexibility index (Phi) is 6.45. The van der Waals surface area contributed by atoms with Gasteiger partial charge in [0.2, 0.25) is 0 Å². The highest BCUT2D eigenvalue weighted by atomic mass is 16.3. The number of pyridine rings is 1. The molecule has 0 saturated heterocycles. The minimum Gasteiger partial charge on any atom is -0.505 e. The van der Waals surface area contributed by atoms with E-state index < -0.39 is 0 Å². The Hall–Kier alpha value is -4.90. The fourth-order valence-electron chi connectivity index (χ4n) is 3.95. The molecule has 0 amide bonds. The Balaban J connectivity index is 1.59. The quantitative estimate of drug-likeness (QED) is 0.265. The van der Waals surface area contributed by atoms with Crippen molar-refractivity contribution in [2.24, 2.45) is 0 Å². The molecule has 0 spiro atoms. The maximum atomic E-state index is 10.8. The summed E-state index contributed by atoms with van der Waals surface area (Å²) in [6.07, 6.45) is 9.23. The molecule has 0 bridgehead atoms. The molecule has 0 aliphatic heterocycles. The van der Waals surface area contributed by atoms with E-state index in [2.05, 4.69) is 11.6 Å². The number of hydrogen-bond acceptors (Lipinski definition) is 5. The number of hydrogen-bond donors (Lipinski definition) is 1. The summed E-state index contributed by atoms with van der Waals surface area (Å²) in [6.45, 7) is 5.89. The van der Waals surface area contributed by atoms with Gasteiger partial charge in [-0.2, -0.15) is 0 Å². The van der Waals surface area contributed by atoms with E-state index in [9.17, 15) is 5.11 Å². The lowest BCUT2D eigenvalue weighted by Gasteiger charge is -2.10. The molecular weight excluding hydrogens is 444 g/mol. The largest absolute Gasteiger partial charge is 0.505 e. The first kappa shape index (κ1) is 22.9. The Morgan fingerprint density at radius 2 is 1.47 bits per heavy atom. The number of phenolic OH excluding ortho intramolecular Hbond substituents is 1. The maximum absolute atomic E-state index is 10.8. The molecule has 3 aromatic carbocycles. The van der Waals surface area contributed by atoms with E-state index in [1.807, 2.05) is 104 Å². The van der Waals surface area contributed by atoms with E-state index in [1.165, 1.54) is 0 Å². The molecule has 0 unspecified atom stereocenters. The minimum absolute atomic E-state index is 0.166. The molecule has 2 aromatic heterocycles. The Morgan fingerprint density at radius 1 is 0.778 bits per heavy atom. The fourth-order valence-corrected chi connectivity index (χ4v) is 3.95. The second kappa shape index (κ2) is 10.2. The smallest absolute Gasteiger partial charge is 0.164 e. The van der Waals surface area contributed by atoms with Crippen LogP contribution in [0.2, 0.25) is 0 Å². The number of nitrogens with zero attached hydrogens (tertiary/aromatic N) is 4. The summed E-state index contributed by atoms with van der Waals surface area (Å²) in [5.74, 6) is 1.86. The third kappa shape index (κ3) is 4.55. The normalized spacial score (nSPS) is 11.8. The highest BCUT2D eigenvalue weighted by Crippen LogP contribution is 2.35. The average molecular weight is 469 g/mol. The number of rotatable bonds is 6. The summed E-state index contributed by atoms with van der Waals surface area (Å²) in [7, 11) is 0. The minimum atomic E-state index is 0.166.